The number of aryl methyl sites for hydroxylation is 1. The second kappa shape index (κ2) is 8.63. The van der Waals surface area contributed by atoms with Crippen LogP contribution in [-0.4, -0.2) is 4.89 Å². The zero-order chi connectivity index (χ0) is 13.3. The van der Waals surface area contributed by atoms with Crippen LogP contribution in [0, 0.1) is 11.5 Å². The summed E-state index contributed by atoms with van der Waals surface area (Å²) >= 11 is 0. The highest BCUT2D eigenvalue weighted by atomic mass is 31.1. The Bertz CT molecular complexity index is 416. The van der Waals surface area contributed by atoms with Crippen molar-refractivity contribution in [2.75, 3.05) is 0 Å². The number of nitrogens with two attached hydrogens (primary N) is 1. The van der Waals surface area contributed by atoms with Gasteiger partial charge in [0.1, 0.15) is 5.75 Å². The summed E-state index contributed by atoms with van der Waals surface area (Å²) in [6.45, 7) is 4.07. The van der Waals surface area contributed by atoms with E-state index in [-0.39, 0.29) is 0 Å². The minimum Gasteiger partial charge on any atom is -0.426 e. The van der Waals surface area contributed by atoms with Crippen molar-refractivity contribution in [3.63, 3.8) is 0 Å². The molecule has 0 radical (unpaired) electrons. The van der Waals surface area contributed by atoms with Crippen molar-refractivity contribution in [3.05, 3.63) is 29.3 Å². The quantitative estimate of drug-likeness (QED) is 0.488. The molecule has 0 saturated heterocycles. The van der Waals surface area contributed by atoms with E-state index in [9.17, 15) is 4.57 Å². The Balaban J connectivity index is 0.000000770. The van der Waals surface area contributed by atoms with Gasteiger partial charge in [-0.1, -0.05) is 26.0 Å². The number of rotatable bonds is 4. The van der Waals surface area contributed by atoms with Crippen molar-refractivity contribution in [3.8, 4) is 11.9 Å². The van der Waals surface area contributed by atoms with Gasteiger partial charge in [0.05, 0.1) is 0 Å². The summed E-state index contributed by atoms with van der Waals surface area (Å²) in [7, 11) is -2.89. The van der Waals surface area contributed by atoms with E-state index in [1.165, 1.54) is 11.8 Å². The maximum atomic E-state index is 10.6. The van der Waals surface area contributed by atoms with E-state index >= 15 is 0 Å². The summed E-state index contributed by atoms with van der Waals surface area (Å²) < 4.78 is 15.5. The Morgan fingerprint density at radius 1 is 1.47 bits per heavy atom. The zero-order valence-corrected chi connectivity index (χ0v) is 10.9. The van der Waals surface area contributed by atoms with Crippen molar-refractivity contribution in [1.29, 1.82) is 5.26 Å². The fraction of sp³-hybridized carbons (Fsp3) is 0.364. The van der Waals surface area contributed by atoms with E-state index in [1.54, 1.807) is 6.07 Å². The molecular weight excluding hydrogens is 239 g/mol. The molecule has 5 nitrogen and oxygen atoms in total. The summed E-state index contributed by atoms with van der Waals surface area (Å²) in [5.41, 5.74) is 6.36. The van der Waals surface area contributed by atoms with E-state index in [1.807, 2.05) is 19.1 Å². The van der Waals surface area contributed by atoms with Crippen LogP contribution in [0.1, 0.15) is 25.0 Å². The first-order valence-corrected chi connectivity index (χ1v) is 6.48. The predicted molar refractivity (Wildman–Crippen MR) is 66.8 cm³/mol. The van der Waals surface area contributed by atoms with Crippen LogP contribution in [0.4, 0.5) is 0 Å². The van der Waals surface area contributed by atoms with E-state index in [0.717, 1.165) is 18.4 Å². The van der Waals surface area contributed by atoms with Crippen LogP contribution >= 0.6 is 8.25 Å². The number of nitriles is 1. The first-order valence-electron chi connectivity index (χ1n) is 5.21. The topological polar surface area (TPSA) is 96.3 Å². The summed E-state index contributed by atoms with van der Waals surface area (Å²) in [6, 6.07) is 5.59. The number of hydrogen-bond acceptors (Lipinski definition) is 4. The van der Waals surface area contributed by atoms with Crippen molar-refractivity contribution in [2.24, 2.45) is 5.73 Å². The summed E-state index contributed by atoms with van der Waals surface area (Å²) in [6.07, 6.45) is 2.97. The lowest BCUT2D eigenvalue weighted by Gasteiger charge is -2.11. The third-order valence-corrected chi connectivity index (χ3v) is 2.56. The highest BCUT2D eigenvalue weighted by Crippen LogP contribution is 2.29. The van der Waals surface area contributed by atoms with Crippen molar-refractivity contribution >= 4 is 8.25 Å². The van der Waals surface area contributed by atoms with Crippen LogP contribution in [0.5, 0.6) is 5.75 Å². The molecule has 3 N–H and O–H groups in total. The lowest BCUT2D eigenvalue weighted by atomic mass is 10.0. The smallest absolute Gasteiger partial charge is 0.365 e. The standard InChI is InChI=1S/C10H15O3P.CH2N2/c1-3-8-6-5-7-10(9(8)4-2)13-14(11)12;2-1-3/h5-7,14H,3-4H2,1-2H3,(H,11,12);2H2. The minimum absolute atomic E-state index is 0.540. The maximum absolute atomic E-state index is 10.6. The number of hydrogen-bond donors (Lipinski definition) is 2. The average molecular weight is 256 g/mol. The molecule has 0 aromatic heterocycles. The summed E-state index contributed by atoms with van der Waals surface area (Å²) in [4.78, 5) is 8.71. The maximum Gasteiger partial charge on any atom is 0.365 e. The molecule has 0 bridgehead atoms. The van der Waals surface area contributed by atoms with Gasteiger partial charge in [-0.25, -0.2) is 4.57 Å². The van der Waals surface area contributed by atoms with Crippen LogP contribution in [0.3, 0.4) is 0 Å². The van der Waals surface area contributed by atoms with Gasteiger partial charge < -0.3 is 15.2 Å². The van der Waals surface area contributed by atoms with Crippen LogP contribution < -0.4 is 10.3 Å². The molecule has 1 aromatic rings. The Hall–Kier alpha value is -1.50. The normalized spacial score (nSPS) is 10.7. The highest BCUT2D eigenvalue weighted by Gasteiger charge is 2.07. The van der Waals surface area contributed by atoms with Gasteiger partial charge in [0.15, 0.2) is 6.19 Å². The number of nitrogens with zero attached hydrogens (tertiary/aromatic N) is 1. The Labute approximate surface area is 102 Å². The summed E-state index contributed by atoms with van der Waals surface area (Å²) in [5.74, 6) is 0.540. The van der Waals surface area contributed by atoms with E-state index in [4.69, 9.17) is 14.7 Å². The van der Waals surface area contributed by atoms with Gasteiger partial charge >= 0.3 is 8.25 Å². The van der Waals surface area contributed by atoms with Gasteiger partial charge in [-0.05, 0) is 30.0 Å². The lowest BCUT2D eigenvalue weighted by Crippen LogP contribution is -1.94. The second-order valence-corrected chi connectivity index (χ2v) is 3.83. The van der Waals surface area contributed by atoms with Gasteiger partial charge in [0, 0.05) is 0 Å². The fourth-order valence-corrected chi connectivity index (χ4v) is 1.91. The largest absolute Gasteiger partial charge is 0.426 e. The van der Waals surface area contributed by atoms with Crippen molar-refractivity contribution in [2.45, 2.75) is 26.7 Å². The first kappa shape index (κ1) is 15.5. The average Bonchev–Trinajstić information content (AvgIpc) is 2.29. The second-order valence-electron chi connectivity index (χ2n) is 3.10. The van der Waals surface area contributed by atoms with Crippen LogP contribution in [0.15, 0.2) is 18.2 Å². The molecule has 0 aliphatic rings. The van der Waals surface area contributed by atoms with E-state index in [2.05, 4.69) is 12.7 Å². The van der Waals surface area contributed by atoms with Crippen molar-refractivity contribution < 1.29 is 14.0 Å². The molecule has 94 valence electrons. The lowest BCUT2D eigenvalue weighted by molar-refractivity contribution is 0.408. The Morgan fingerprint density at radius 3 is 2.47 bits per heavy atom. The van der Waals surface area contributed by atoms with Gasteiger partial charge in [0.2, 0.25) is 0 Å². The number of benzene rings is 1. The van der Waals surface area contributed by atoms with Gasteiger partial charge in [-0.15, -0.1) is 0 Å². The minimum atomic E-state index is -2.89. The fourth-order valence-electron chi connectivity index (χ4n) is 1.53. The summed E-state index contributed by atoms with van der Waals surface area (Å²) in [5, 5.41) is 7.10. The molecular formula is C11H17N2O3P. The molecule has 6 heteroatoms. The molecule has 1 aromatic carbocycles. The molecule has 0 saturated carbocycles. The third-order valence-electron chi connectivity index (χ3n) is 2.16. The van der Waals surface area contributed by atoms with Gasteiger partial charge in [-0.2, -0.15) is 5.26 Å². The molecule has 0 fully saturated rings. The molecule has 0 heterocycles. The zero-order valence-electron chi connectivity index (χ0n) is 9.93. The third kappa shape index (κ3) is 5.39. The Morgan fingerprint density at radius 2 is 2.06 bits per heavy atom. The predicted octanol–water partition coefficient (Wildman–Crippen LogP) is 2.00. The Kier molecular flexibility index (Phi) is 7.87. The molecule has 0 aliphatic heterocycles. The first-order chi connectivity index (χ1) is 8.10. The molecule has 17 heavy (non-hydrogen) atoms. The monoisotopic (exact) mass is 256 g/mol. The van der Waals surface area contributed by atoms with Crippen molar-refractivity contribution in [1.82, 2.24) is 0 Å². The highest BCUT2D eigenvalue weighted by molar-refractivity contribution is 7.32. The molecule has 0 spiro atoms. The molecule has 1 unspecified atom stereocenters. The molecule has 0 amide bonds. The molecule has 0 aliphatic carbocycles. The van der Waals surface area contributed by atoms with Crippen LogP contribution in [0.2, 0.25) is 0 Å². The van der Waals surface area contributed by atoms with Crippen LogP contribution in [0.25, 0.3) is 0 Å². The molecule has 1 rings (SSSR count). The van der Waals surface area contributed by atoms with E-state index < -0.39 is 8.25 Å². The van der Waals surface area contributed by atoms with Gasteiger partial charge in [-0.3, -0.25) is 0 Å². The molecule has 1 atom stereocenters. The van der Waals surface area contributed by atoms with E-state index in [0.29, 0.717) is 5.75 Å². The van der Waals surface area contributed by atoms with Gasteiger partial charge in [0.25, 0.3) is 0 Å². The van der Waals surface area contributed by atoms with Crippen LogP contribution in [-0.2, 0) is 17.4 Å². The SMILES string of the molecule is CCc1cccc(O[PH](=O)O)c1CC.N#CN.